The second-order valence-electron chi connectivity index (χ2n) is 4.83. The maximum Gasteiger partial charge on any atom is 0.0682 e. The summed E-state index contributed by atoms with van der Waals surface area (Å²) in [5.74, 6) is 0. The van der Waals surface area contributed by atoms with E-state index in [0.717, 1.165) is 11.4 Å². The van der Waals surface area contributed by atoms with Crippen LogP contribution in [0.5, 0.6) is 0 Å². The van der Waals surface area contributed by atoms with Crippen molar-refractivity contribution < 1.29 is 20.4 Å². The van der Waals surface area contributed by atoms with Crippen molar-refractivity contribution >= 4 is 11.4 Å². The van der Waals surface area contributed by atoms with E-state index in [4.69, 9.17) is 0 Å². The predicted octanol–water partition coefficient (Wildman–Crippen LogP) is 1.40. The molecule has 0 aromatic heterocycles. The maximum atomic E-state index is 9.24. The highest BCUT2D eigenvalue weighted by Gasteiger charge is 2.04. The summed E-state index contributed by atoms with van der Waals surface area (Å²) < 4.78 is 0. The molecule has 2 rings (SSSR count). The van der Waals surface area contributed by atoms with Gasteiger partial charge in [-0.1, -0.05) is 12.1 Å². The molecule has 5 nitrogen and oxygen atoms in total. The van der Waals surface area contributed by atoms with Crippen molar-refractivity contribution in [3.63, 3.8) is 0 Å². The molecular formula is C16H19NO4. The van der Waals surface area contributed by atoms with Crippen molar-refractivity contribution in [2.24, 2.45) is 0 Å². The van der Waals surface area contributed by atoms with E-state index in [0.29, 0.717) is 22.3 Å². The van der Waals surface area contributed by atoms with E-state index in [2.05, 4.69) is 5.32 Å². The SMILES string of the molecule is OCc1cc(CO)cc(Nc2cc(CO)cc(CO)c2)c1. The van der Waals surface area contributed by atoms with Crippen LogP contribution in [0.15, 0.2) is 36.4 Å². The molecule has 0 aliphatic carbocycles. The molecule has 0 aliphatic heterocycles. The lowest BCUT2D eigenvalue weighted by molar-refractivity contribution is 0.275. The zero-order valence-electron chi connectivity index (χ0n) is 11.6. The fourth-order valence-corrected chi connectivity index (χ4v) is 2.20. The molecule has 2 aromatic carbocycles. The third-order valence-corrected chi connectivity index (χ3v) is 3.12. The van der Waals surface area contributed by atoms with E-state index < -0.39 is 0 Å². The van der Waals surface area contributed by atoms with E-state index in [1.807, 2.05) is 0 Å². The number of anilines is 2. The third-order valence-electron chi connectivity index (χ3n) is 3.12. The van der Waals surface area contributed by atoms with E-state index in [-0.39, 0.29) is 26.4 Å². The first kappa shape index (κ1) is 15.5. The van der Waals surface area contributed by atoms with E-state index in [9.17, 15) is 20.4 Å². The average molecular weight is 289 g/mol. The molecule has 112 valence electrons. The molecule has 0 saturated carbocycles. The van der Waals surface area contributed by atoms with Crippen LogP contribution >= 0.6 is 0 Å². The lowest BCUT2D eigenvalue weighted by Crippen LogP contribution is -1.98. The number of hydrogen-bond donors (Lipinski definition) is 5. The Balaban J connectivity index is 2.32. The summed E-state index contributed by atoms with van der Waals surface area (Å²) in [6, 6.07) is 10.6. The molecule has 0 radical (unpaired) electrons. The van der Waals surface area contributed by atoms with Gasteiger partial charge in [0.15, 0.2) is 0 Å². The quantitative estimate of drug-likeness (QED) is 0.554. The summed E-state index contributed by atoms with van der Waals surface area (Å²) in [5, 5.41) is 40.1. The van der Waals surface area contributed by atoms with E-state index >= 15 is 0 Å². The van der Waals surface area contributed by atoms with Gasteiger partial charge in [-0.2, -0.15) is 0 Å². The van der Waals surface area contributed by atoms with Gasteiger partial charge in [0.05, 0.1) is 26.4 Å². The van der Waals surface area contributed by atoms with Gasteiger partial charge in [-0.15, -0.1) is 0 Å². The van der Waals surface area contributed by atoms with Crippen LogP contribution in [0.2, 0.25) is 0 Å². The molecule has 0 bridgehead atoms. The highest BCUT2D eigenvalue weighted by molar-refractivity contribution is 5.63. The van der Waals surface area contributed by atoms with Gasteiger partial charge in [0.25, 0.3) is 0 Å². The minimum Gasteiger partial charge on any atom is -0.392 e. The van der Waals surface area contributed by atoms with E-state index in [1.54, 1.807) is 36.4 Å². The monoisotopic (exact) mass is 289 g/mol. The molecule has 0 fully saturated rings. The van der Waals surface area contributed by atoms with Crippen LogP contribution in [0, 0.1) is 0 Å². The minimum atomic E-state index is -0.110. The summed E-state index contributed by atoms with van der Waals surface area (Å²) >= 11 is 0. The van der Waals surface area contributed by atoms with Gasteiger partial charge in [0, 0.05) is 11.4 Å². The van der Waals surface area contributed by atoms with Gasteiger partial charge in [-0.3, -0.25) is 0 Å². The second kappa shape index (κ2) is 7.19. The third kappa shape index (κ3) is 4.03. The van der Waals surface area contributed by atoms with Gasteiger partial charge in [-0.05, 0) is 46.5 Å². The van der Waals surface area contributed by atoms with Crippen molar-refractivity contribution in [3.05, 3.63) is 58.7 Å². The zero-order valence-corrected chi connectivity index (χ0v) is 11.6. The molecule has 5 heteroatoms. The summed E-state index contributed by atoms with van der Waals surface area (Å²) in [7, 11) is 0. The molecule has 0 aliphatic rings. The van der Waals surface area contributed by atoms with Crippen molar-refractivity contribution in [1.29, 1.82) is 0 Å². The zero-order chi connectivity index (χ0) is 15.2. The normalized spacial score (nSPS) is 10.7. The fourth-order valence-electron chi connectivity index (χ4n) is 2.20. The second-order valence-corrected chi connectivity index (χ2v) is 4.83. The first-order chi connectivity index (χ1) is 10.2. The lowest BCUT2D eigenvalue weighted by atomic mass is 10.1. The molecule has 0 amide bonds. The average Bonchev–Trinajstić information content (AvgIpc) is 2.53. The van der Waals surface area contributed by atoms with Crippen molar-refractivity contribution in [3.8, 4) is 0 Å². The first-order valence-electron chi connectivity index (χ1n) is 6.64. The number of rotatable bonds is 6. The number of aliphatic hydroxyl groups excluding tert-OH is 4. The smallest absolute Gasteiger partial charge is 0.0682 e. The number of nitrogens with one attached hydrogen (secondary N) is 1. The predicted molar refractivity (Wildman–Crippen MR) is 79.9 cm³/mol. The number of benzene rings is 2. The summed E-state index contributed by atoms with van der Waals surface area (Å²) in [5.41, 5.74) is 4.25. The molecule has 21 heavy (non-hydrogen) atoms. The van der Waals surface area contributed by atoms with Crippen LogP contribution in [0.25, 0.3) is 0 Å². The summed E-state index contributed by atoms with van der Waals surface area (Å²) in [6.07, 6.45) is 0. The minimum absolute atomic E-state index is 0.110. The topological polar surface area (TPSA) is 93.0 Å². The van der Waals surface area contributed by atoms with Gasteiger partial charge in [0.2, 0.25) is 0 Å². The van der Waals surface area contributed by atoms with Gasteiger partial charge >= 0.3 is 0 Å². The van der Waals surface area contributed by atoms with Gasteiger partial charge in [0.1, 0.15) is 0 Å². The Bertz CT molecular complexity index is 515. The highest BCUT2D eigenvalue weighted by Crippen LogP contribution is 2.23. The Morgan fingerprint density at radius 3 is 1.05 bits per heavy atom. The van der Waals surface area contributed by atoms with Crippen LogP contribution < -0.4 is 5.32 Å². The molecule has 2 aromatic rings. The molecule has 5 N–H and O–H groups in total. The van der Waals surface area contributed by atoms with E-state index in [1.165, 1.54) is 0 Å². The molecule has 0 unspecified atom stereocenters. The Morgan fingerprint density at radius 2 is 0.810 bits per heavy atom. The van der Waals surface area contributed by atoms with Crippen LogP contribution in [-0.4, -0.2) is 20.4 Å². The largest absolute Gasteiger partial charge is 0.392 e. The van der Waals surface area contributed by atoms with Crippen molar-refractivity contribution in [1.82, 2.24) is 0 Å². The Hall–Kier alpha value is -1.92. The number of hydrogen-bond acceptors (Lipinski definition) is 5. The van der Waals surface area contributed by atoms with Gasteiger partial charge < -0.3 is 25.7 Å². The van der Waals surface area contributed by atoms with Crippen LogP contribution in [0.1, 0.15) is 22.3 Å². The molecule has 0 spiro atoms. The molecule has 0 atom stereocenters. The van der Waals surface area contributed by atoms with Crippen molar-refractivity contribution in [2.75, 3.05) is 5.32 Å². The highest BCUT2D eigenvalue weighted by atomic mass is 16.3. The van der Waals surface area contributed by atoms with Crippen LogP contribution in [-0.2, 0) is 26.4 Å². The maximum absolute atomic E-state index is 9.24. The fraction of sp³-hybridized carbons (Fsp3) is 0.250. The summed E-state index contributed by atoms with van der Waals surface area (Å²) in [4.78, 5) is 0. The van der Waals surface area contributed by atoms with Gasteiger partial charge in [-0.25, -0.2) is 0 Å². The lowest BCUT2D eigenvalue weighted by Gasteiger charge is -2.12. The Morgan fingerprint density at radius 1 is 0.524 bits per heavy atom. The first-order valence-corrected chi connectivity index (χ1v) is 6.64. The molecule has 0 saturated heterocycles. The summed E-state index contributed by atoms with van der Waals surface area (Å²) in [6.45, 7) is -0.440. The van der Waals surface area contributed by atoms with Crippen LogP contribution in [0.4, 0.5) is 11.4 Å². The van der Waals surface area contributed by atoms with Crippen LogP contribution in [0.3, 0.4) is 0 Å². The van der Waals surface area contributed by atoms with Crippen molar-refractivity contribution in [2.45, 2.75) is 26.4 Å². The standard InChI is InChI=1S/C16H19NO4/c18-7-11-1-12(8-19)4-15(3-11)17-16-5-13(9-20)2-14(6-16)10-21/h1-6,17-21H,7-10H2. The number of aliphatic hydroxyl groups is 4. The Labute approximate surface area is 123 Å². The Kier molecular flexibility index (Phi) is 5.30. The molecular weight excluding hydrogens is 270 g/mol. The molecule has 0 heterocycles.